The zero-order chi connectivity index (χ0) is 25.1. The largest absolute Gasteiger partial charge is 0.416 e. The van der Waals surface area contributed by atoms with Crippen molar-refractivity contribution in [3.8, 4) is 0 Å². The summed E-state index contributed by atoms with van der Waals surface area (Å²) >= 11 is 0. The fourth-order valence-corrected chi connectivity index (χ4v) is 5.06. The lowest BCUT2D eigenvalue weighted by atomic mass is 9.90. The van der Waals surface area contributed by atoms with Gasteiger partial charge in [-0.15, -0.1) is 0 Å². The van der Waals surface area contributed by atoms with E-state index >= 15 is 0 Å². The number of alkyl halides is 6. The summed E-state index contributed by atoms with van der Waals surface area (Å²) in [6.45, 7) is 1.62. The number of benzene rings is 2. The van der Waals surface area contributed by atoms with Gasteiger partial charge in [-0.3, -0.25) is 0 Å². The first-order chi connectivity index (χ1) is 15.8. The van der Waals surface area contributed by atoms with E-state index < -0.39 is 47.0 Å². The number of amides is 2. The van der Waals surface area contributed by atoms with Gasteiger partial charge >= 0.3 is 18.4 Å². The van der Waals surface area contributed by atoms with Crippen molar-refractivity contribution >= 4 is 6.03 Å². The quantitative estimate of drug-likeness (QED) is 0.548. The van der Waals surface area contributed by atoms with Crippen molar-refractivity contribution in [3.63, 3.8) is 0 Å². The Morgan fingerprint density at radius 1 is 1.09 bits per heavy atom. The van der Waals surface area contributed by atoms with Crippen LogP contribution >= 0.6 is 0 Å². The first-order valence-electron chi connectivity index (χ1n) is 10.8. The van der Waals surface area contributed by atoms with E-state index in [-0.39, 0.29) is 24.2 Å². The van der Waals surface area contributed by atoms with Gasteiger partial charge in [0.05, 0.1) is 29.8 Å². The molecule has 1 saturated heterocycles. The third-order valence-electron chi connectivity index (χ3n) is 7.18. The molecule has 184 valence electrons. The molecule has 1 N–H and O–H groups in total. The lowest BCUT2D eigenvalue weighted by Crippen LogP contribution is -2.44. The maximum atomic E-state index is 13.5. The van der Waals surface area contributed by atoms with Crippen LogP contribution in [-0.4, -0.2) is 41.1 Å². The molecule has 34 heavy (non-hydrogen) atoms. The number of carbonyl (C=O) groups excluding carboxylic acids is 1. The second-order valence-corrected chi connectivity index (χ2v) is 9.17. The van der Waals surface area contributed by atoms with Crippen LogP contribution in [0.3, 0.4) is 0 Å². The smallest absolute Gasteiger partial charge is 0.396 e. The molecule has 1 aliphatic heterocycles. The van der Waals surface area contributed by atoms with Crippen molar-refractivity contribution in [2.75, 3.05) is 20.2 Å². The van der Waals surface area contributed by atoms with Crippen molar-refractivity contribution in [1.29, 1.82) is 0 Å². The molecule has 2 fully saturated rings. The predicted molar refractivity (Wildman–Crippen MR) is 112 cm³/mol. The molecule has 1 heterocycles. The number of fused-ring (bicyclic) bond motifs is 1. The second-order valence-electron chi connectivity index (χ2n) is 9.17. The molecule has 4 unspecified atom stereocenters. The maximum Gasteiger partial charge on any atom is 0.416 e. The molecule has 0 bridgehead atoms. The second kappa shape index (κ2) is 8.18. The Morgan fingerprint density at radius 3 is 2.15 bits per heavy atom. The zero-order valence-corrected chi connectivity index (χ0v) is 18.5. The molecular weight excluding hydrogens is 462 g/mol. The normalized spacial score (nSPS) is 25.1. The highest BCUT2D eigenvalue weighted by Gasteiger charge is 2.67. The van der Waals surface area contributed by atoms with Crippen LogP contribution in [0.2, 0.25) is 0 Å². The fraction of sp³-hybridized carbons (Fsp3) is 0.458. The van der Waals surface area contributed by atoms with Crippen LogP contribution in [0, 0.1) is 11.3 Å². The van der Waals surface area contributed by atoms with Gasteiger partial charge in [-0.25, -0.2) is 4.79 Å². The number of carbonyl (C=O) groups is 1. The SMILES string of the molecule is CC(c1cc(C(F)(F)F)cc(C(F)(F)F)c1)N(C)C(=O)N1CC2CC2(CO)C1c1ccccc1. The van der Waals surface area contributed by atoms with Gasteiger partial charge in [-0.1, -0.05) is 30.3 Å². The summed E-state index contributed by atoms with van der Waals surface area (Å²) in [5.41, 5.74) is -2.77. The Balaban J connectivity index is 1.66. The van der Waals surface area contributed by atoms with Crippen LogP contribution in [0.1, 0.15) is 47.7 Å². The molecular formula is C24H24F6N2O2. The topological polar surface area (TPSA) is 43.8 Å². The average Bonchev–Trinajstić information content (AvgIpc) is 3.40. The molecule has 0 radical (unpaired) electrons. The Bertz CT molecular complexity index is 1040. The van der Waals surface area contributed by atoms with Gasteiger partial charge in [-0.05, 0) is 48.6 Å². The first-order valence-corrected chi connectivity index (χ1v) is 10.8. The third-order valence-corrected chi connectivity index (χ3v) is 7.18. The Hall–Kier alpha value is -2.75. The van der Waals surface area contributed by atoms with Gasteiger partial charge in [-0.2, -0.15) is 26.3 Å². The highest BCUT2D eigenvalue weighted by Crippen LogP contribution is 2.67. The standard InChI is InChI=1S/C24H24F6N2O2/c1-14(16-8-17(23(25,26)27)10-18(9-16)24(28,29)30)31(2)21(34)32-12-19-11-22(19,13-33)20(32)15-6-4-3-5-7-15/h3-10,14,19-20,33H,11-13H2,1-2H3. The van der Waals surface area contributed by atoms with E-state index in [1.54, 1.807) is 4.90 Å². The average molecular weight is 486 g/mol. The van der Waals surface area contributed by atoms with Gasteiger partial charge < -0.3 is 14.9 Å². The molecule has 2 aromatic rings. The minimum Gasteiger partial charge on any atom is -0.396 e. The molecule has 1 saturated carbocycles. The van der Waals surface area contributed by atoms with Crippen LogP contribution < -0.4 is 0 Å². The van der Waals surface area contributed by atoms with E-state index in [4.69, 9.17) is 0 Å². The summed E-state index contributed by atoms with van der Waals surface area (Å²) in [6, 6.07) is 8.48. The molecule has 10 heteroatoms. The zero-order valence-electron chi connectivity index (χ0n) is 18.5. The number of piperidine rings is 1. The number of rotatable bonds is 4. The monoisotopic (exact) mass is 486 g/mol. The summed E-state index contributed by atoms with van der Waals surface area (Å²) in [4.78, 5) is 16.2. The summed E-state index contributed by atoms with van der Waals surface area (Å²) in [7, 11) is 1.36. The van der Waals surface area contributed by atoms with Crippen molar-refractivity contribution in [3.05, 3.63) is 70.8 Å². The summed E-state index contributed by atoms with van der Waals surface area (Å²) in [5.74, 6) is 0.0840. The summed E-state index contributed by atoms with van der Waals surface area (Å²) < 4.78 is 79.8. The number of halogens is 6. The van der Waals surface area contributed by atoms with E-state index in [0.29, 0.717) is 18.7 Å². The molecule has 0 aromatic heterocycles. The fourth-order valence-electron chi connectivity index (χ4n) is 5.06. The molecule has 0 spiro atoms. The first kappa shape index (κ1) is 24.4. The lowest BCUT2D eigenvalue weighted by molar-refractivity contribution is -0.143. The van der Waals surface area contributed by atoms with Gasteiger partial charge in [0.1, 0.15) is 0 Å². The summed E-state index contributed by atoms with van der Waals surface area (Å²) in [5, 5.41) is 10.1. The molecule has 2 amide bonds. The molecule has 1 aliphatic carbocycles. The van der Waals surface area contributed by atoms with E-state index in [2.05, 4.69) is 0 Å². The molecule has 2 aromatic carbocycles. The van der Waals surface area contributed by atoms with Crippen LogP contribution in [0.25, 0.3) is 0 Å². The number of aliphatic hydroxyl groups is 1. The van der Waals surface area contributed by atoms with E-state index in [1.807, 2.05) is 30.3 Å². The Morgan fingerprint density at radius 2 is 1.65 bits per heavy atom. The van der Waals surface area contributed by atoms with Crippen LogP contribution in [0.4, 0.5) is 31.1 Å². The van der Waals surface area contributed by atoms with Gasteiger partial charge in [0.2, 0.25) is 0 Å². The lowest BCUT2D eigenvalue weighted by Gasteiger charge is -2.37. The van der Waals surface area contributed by atoms with Gasteiger partial charge in [0, 0.05) is 19.0 Å². The van der Waals surface area contributed by atoms with Crippen LogP contribution in [0.5, 0.6) is 0 Å². The highest BCUT2D eigenvalue weighted by atomic mass is 19.4. The Kier molecular flexibility index (Phi) is 5.86. The minimum absolute atomic E-state index is 0.0719. The maximum absolute atomic E-state index is 13.5. The molecule has 4 rings (SSSR count). The number of urea groups is 1. The van der Waals surface area contributed by atoms with Crippen molar-refractivity contribution in [1.82, 2.24) is 9.80 Å². The predicted octanol–water partition coefficient (Wildman–Crippen LogP) is 5.89. The summed E-state index contributed by atoms with van der Waals surface area (Å²) in [6.07, 6.45) is -9.20. The van der Waals surface area contributed by atoms with Gasteiger partial charge in [0.15, 0.2) is 0 Å². The number of hydrogen-bond acceptors (Lipinski definition) is 2. The molecule has 2 aliphatic rings. The van der Waals surface area contributed by atoms with Crippen molar-refractivity contribution in [2.24, 2.45) is 11.3 Å². The van der Waals surface area contributed by atoms with Crippen LogP contribution in [0.15, 0.2) is 48.5 Å². The van der Waals surface area contributed by atoms with E-state index in [1.165, 1.54) is 14.0 Å². The minimum atomic E-state index is -4.97. The molecule has 4 nitrogen and oxygen atoms in total. The van der Waals surface area contributed by atoms with Gasteiger partial charge in [0.25, 0.3) is 0 Å². The van der Waals surface area contributed by atoms with E-state index in [9.17, 15) is 36.2 Å². The van der Waals surface area contributed by atoms with Crippen molar-refractivity contribution in [2.45, 2.75) is 37.8 Å². The number of hydrogen-bond donors (Lipinski definition) is 1. The molecule has 4 atom stereocenters. The highest BCUT2D eigenvalue weighted by molar-refractivity contribution is 5.76. The van der Waals surface area contributed by atoms with Crippen LogP contribution in [-0.2, 0) is 12.4 Å². The third kappa shape index (κ3) is 4.12. The van der Waals surface area contributed by atoms with Crippen molar-refractivity contribution < 1.29 is 36.2 Å². The number of likely N-dealkylation sites (tertiary alicyclic amines) is 1. The number of nitrogens with zero attached hydrogens (tertiary/aromatic N) is 2. The van der Waals surface area contributed by atoms with E-state index in [0.717, 1.165) is 16.9 Å². The Labute approximate surface area is 192 Å². The number of aliphatic hydroxyl groups excluding tert-OH is 1.